The normalized spacial score (nSPS) is 13.6. The van der Waals surface area contributed by atoms with Crippen molar-refractivity contribution in [1.29, 1.82) is 0 Å². The third kappa shape index (κ3) is 44.2. The molecule has 0 saturated carbocycles. The van der Waals surface area contributed by atoms with Crippen LogP contribution in [0.15, 0.2) is 48.6 Å². The summed E-state index contributed by atoms with van der Waals surface area (Å²) in [6.07, 6.45) is 58.8. The van der Waals surface area contributed by atoms with Gasteiger partial charge >= 0.3 is 5.97 Å². The molecular formula is C55H101NO5. The van der Waals surface area contributed by atoms with E-state index >= 15 is 0 Å². The fraction of sp³-hybridized carbons (Fsp3) is 0.818. The van der Waals surface area contributed by atoms with E-state index in [-0.39, 0.29) is 24.9 Å². The van der Waals surface area contributed by atoms with Crippen molar-refractivity contribution in [2.75, 3.05) is 6.61 Å². The van der Waals surface area contributed by atoms with Gasteiger partial charge in [0.2, 0.25) is 5.91 Å². The first kappa shape index (κ1) is 58.8. The highest BCUT2D eigenvalue weighted by Gasteiger charge is 2.24. The topological polar surface area (TPSA) is 95.9 Å². The molecule has 3 atom stereocenters. The molecule has 0 aromatic rings. The summed E-state index contributed by atoms with van der Waals surface area (Å²) in [5, 5.41) is 23.7. The summed E-state index contributed by atoms with van der Waals surface area (Å²) in [6.45, 7) is 6.44. The van der Waals surface area contributed by atoms with Crippen LogP contribution in [-0.2, 0) is 14.3 Å². The number of ether oxygens (including phenoxy) is 1. The summed E-state index contributed by atoms with van der Waals surface area (Å²) in [7, 11) is 0. The van der Waals surface area contributed by atoms with Crippen LogP contribution in [0.25, 0.3) is 0 Å². The first-order valence-corrected chi connectivity index (χ1v) is 26.4. The van der Waals surface area contributed by atoms with E-state index in [1.807, 2.05) is 0 Å². The number of aliphatic hydroxyl groups excluding tert-OH is 2. The monoisotopic (exact) mass is 856 g/mol. The fourth-order valence-corrected chi connectivity index (χ4v) is 7.97. The van der Waals surface area contributed by atoms with E-state index < -0.39 is 18.2 Å². The number of hydrogen-bond donors (Lipinski definition) is 3. The van der Waals surface area contributed by atoms with Crippen molar-refractivity contribution in [2.45, 2.75) is 283 Å². The lowest BCUT2D eigenvalue weighted by Gasteiger charge is -2.24. The van der Waals surface area contributed by atoms with Crippen LogP contribution in [0.1, 0.15) is 265 Å². The molecule has 0 saturated heterocycles. The molecule has 6 nitrogen and oxygen atoms in total. The Hall–Kier alpha value is -2.18. The molecule has 0 radical (unpaired) electrons. The van der Waals surface area contributed by atoms with Gasteiger partial charge in [0.1, 0.15) is 6.10 Å². The summed E-state index contributed by atoms with van der Waals surface area (Å²) >= 11 is 0. The van der Waals surface area contributed by atoms with E-state index in [1.54, 1.807) is 0 Å². The largest absolute Gasteiger partial charge is 0.462 e. The lowest BCUT2D eigenvalue weighted by Crippen LogP contribution is -2.46. The summed E-state index contributed by atoms with van der Waals surface area (Å²) in [5.74, 6) is -0.504. The van der Waals surface area contributed by atoms with E-state index in [2.05, 4.69) is 74.7 Å². The highest BCUT2D eigenvalue weighted by molar-refractivity contribution is 5.77. The van der Waals surface area contributed by atoms with Crippen molar-refractivity contribution in [1.82, 2.24) is 5.32 Å². The van der Waals surface area contributed by atoms with Gasteiger partial charge in [-0.2, -0.15) is 0 Å². The number of rotatable bonds is 47. The fourth-order valence-electron chi connectivity index (χ4n) is 7.97. The number of nitrogens with one attached hydrogen (secondary N) is 1. The van der Waals surface area contributed by atoms with Gasteiger partial charge in [0.05, 0.1) is 25.2 Å². The van der Waals surface area contributed by atoms with E-state index in [0.29, 0.717) is 19.3 Å². The lowest BCUT2D eigenvalue weighted by atomic mass is 10.0. The minimum absolute atomic E-state index is 0.0540. The smallest absolute Gasteiger partial charge is 0.306 e. The van der Waals surface area contributed by atoms with Gasteiger partial charge in [-0.3, -0.25) is 9.59 Å². The Morgan fingerprint density at radius 2 is 0.836 bits per heavy atom. The standard InChI is InChI=1S/C55H101NO5/c1-4-7-10-13-16-19-22-24-26-28-29-32-34-37-40-43-46-51(61-55(60)48-45-42-39-36-33-30-27-25-23-20-17-14-11-8-5-2)49-54(59)56-52(50-57)53(58)47-44-41-38-35-31-21-18-15-12-9-6-3/h16,19,22,24,26,28-29,32,51-53,57-58H,4-15,17-18,20-21,23,25,27,30-31,33-50H2,1-3H3,(H,56,59)/b19-16+,24-22+,28-26+,32-29+. The molecule has 0 spiro atoms. The van der Waals surface area contributed by atoms with Crippen molar-refractivity contribution < 1.29 is 24.5 Å². The van der Waals surface area contributed by atoms with Crippen LogP contribution >= 0.6 is 0 Å². The minimum Gasteiger partial charge on any atom is -0.462 e. The van der Waals surface area contributed by atoms with Crippen LogP contribution in [0.2, 0.25) is 0 Å². The van der Waals surface area contributed by atoms with E-state index in [4.69, 9.17) is 4.74 Å². The number of carbonyl (C=O) groups excluding carboxylic acids is 2. The third-order valence-corrected chi connectivity index (χ3v) is 12.0. The average Bonchev–Trinajstić information content (AvgIpc) is 3.25. The minimum atomic E-state index is -0.797. The van der Waals surface area contributed by atoms with Gasteiger partial charge in [0.15, 0.2) is 0 Å². The zero-order valence-electron chi connectivity index (χ0n) is 40.5. The van der Waals surface area contributed by atoms with Gasteiger partial charge in [0, 0.05) is 6.42 Å². The Balaban J connectivity index is 4.66. The number of hydrogen-bond acceptors (Lipinski definition) is 5. The second-order valence-electron chi connectivity index (χ2n) is 18.0. The molecule has 1 amide bonds. The third-order valence-electron chi connectivity index (χ3n) is 12.0. The Kier molecular flexibility index (Phi) is 47.1. The summed E-state index contributed by atoms with van der Waals surface area (Å²) in [6, 6.07) is -0.712. The van der Waals surface area contributed by atoms with Gasteiger partial charge in [0.25, 0.3) is 0 Å². The Labute approximate surface area is 378 Å². The van der Waals surface area contributed by atoms with Gasteiger partial charge in [-0.25, -0.2) is 0 Å². The van der Waals surface area contributed by atoms with Crippen molar-refractivity contribution in [3.05, 3.63) is 48.6 Å². The van der Waals surface area contributed by atoms with Gasteiger partial charge in [-0.15, -0.1) is 0 Å². The van der Waals surface area contributed by atoms with E-state index in [9.17, 15) is 19.8 Å². The van der Waals surface area contributed by atoms with Crippen LogP contribution < -0.4 is 5.32 Å². The first-order chi connectivity index (χ1) is 30.0. The quantitative estimate of drug-likeness (QED) is 0.0322. The molecule has 3 N–H and O–H groups in total. The molecule has 0 aromatic carbocycles. The number of allylic oxidation sites excluding steroid dienone is 8. The van der Waals surface area contributed by atoms with E-state index in [0.717, 1.165) is 70.6 Å². The van der Waals surface area contributed by atoms with Gasteiger partial charge in [-0.05, 0) is 51.4 Å². The van der Waals surface area contributed by atoms with Crippen molar-refractivity contribution >= 4 is 11.9 Å². The zero-order valence-corrected chi connectivity index (χ0v) is 40.5. The maximum atomic E-state index is 13.2. The molecule has 61 heavy (non-hydrogen) atoms. The summed E-state index contributed by atoms with van der Waals surface area (Å²) in [4.78, 5) is 26.2. The molecule has 0 heterocycles. The Morgan fingerprint density at radius 3 is 1.30 bits per heavy atom. The van der Waals surface area contributed by atoms with Crippen molar-refractivity contribution in [2.24, 2.45) is 0 Å². The first-order valence-electron chi connectivity index (χ1n) is 26.4. The second-order valence-corrected chi connectivity index (χ2v) is 18.0. The summed E-state index contributed by atoms with van der Waals surface area (Å²) < 4.78 is 5.93. The SMILES string of the molecule is CCCCC/C=C/C=C/C=C/C=C/CCCCCC(CC(=O)NC(CO)C(O)CCCCCCCCCCCCC)OC(=O)CCCCCCCCCCCCCCCCC. The zero-order chi connectivity index (χ0) is 44.5. The molecule has 0 aliphatic carbocycles. The second kappa shape index (κ2) is 48.8. The highest BCUT2D eigenvalue weighted by Crippen LogP contribution is 2.18. The molecule has 6 heteroatoms. The number of esters is 1. The predicted octanol–water partition coefficient (Wildman–Crippen LogP) is 15.8. The van der Waals surface area contributed by atoms with E-state index in [1.165, 1.54) is 148 Å². The number of unbranched alkanes of at least 4 members (excludes halogenated alkanes) is 30. The Morgan fingerprint density at radius 1 is 0.475 bits per heavy atom. The summed E-state index contributed by atoms with van der Waals surface area (Å²) in [5.41, 5.74) is 0. The Bertz CT molecular complexity index is 1050. The molecule has 356 valence electrons. The van der Waals surface area contributed by atoms with Crippen molar-refractivity contribution in [3.8, 4) is 0 Å². The van der Waals surface area contributed by atoms with Gasteiger partial charge < -0.3 is 20.3 Å². The van der Waals surface area contributed by atoms with Crippen LogP contribution in [0.4, 0.5) is 0 Å². The molecule has 0 fully saturated rings. The van der Waals surface area contributed by atoms with Crippen LogP contribution in [0.5, 0.6) is 0 Å². The molecule has 3 unspecified atom stereocenters. The highest BCUT2D eigenvalue weighted by atomic mass is 16.5. The molecule has 0 bridgehead atoms. The molecule has 0 rings (SSSR count). The van der Waals surface area contributed by atoms with Crippen LogP contribution in [0, 0.1) is 0 Å². The van der Waals surface area contributed by atoms with Crippen LogP contribution in [-0.4, -0.2) is 46.9 Å². The maximum Gasteiger partial charge on any atom is 0.306 e. The molecule has 0 aromatic heterocycles. The number of aliphatic hydroxyl groups is 2. The number of carbonyl (C=O) groups is 2. The maximum absolute atomic E-state index is 13.2. The predicted molar refractivity (Wildman–Crippen MR) is 264 cm³/mol. The molecular weight excluding hydrogens is 755 g/mol. The average molecular weight is 856 g/mol. The van der Waals surface area contributed by atoms with Crippen LogP contribution in [0.3, 0.4) is 0 Å². The van der Waals surface area contributed by atoms with Crippen molar-refractivity contribution in [3.63, 3.8) is 0 Å². The molecule has 0 aliphatic heterocycles. The number of amides is 1. The lowest BCUT2D eigenvalue weighted by molar-refractivity contribution is -0.151. The van der Waals surface area contributed by atoms with Gasteiger partial charge in [-0.1, -0.05) is 249 Å². The molecule has 0 aliphatic rings.